The molecule has 1 heterocycles. The number of hydrogen-bond acceptors (Lipinski definition) is 3. The Kier molecular flexibility index (Phi) is 4.05. The van der Waals surface area contributed by atoms with Gasteiger partial charge in [0.25, 0.3) is 5.91 Å². The summed E-state index contributed by atoms with van der Waals surface area (Å²) < 4.78 is 5.46. The van der Waals surface area contributed by atoms with Crippen LogP contribution >= 0.6 is 0 Å². The Morgan fingerprint density at radius 3 is 2.94 bits per heavy atom. The van der Waals surface area contributed by atoms with Gasteiger partial charge in [0.2, 0.25) is 0 Å². The number of ether oxygens (including phenoxy) is 1. The Morgan fingerprint density at radius 1 is 1.47 bits per heavy atom. The second-order valence-corrected chi connectivity index (χ2v) is 6.03. The summed E-state index contributed by atoms with van der Waals surface area (Å²) in [7, 11) is 0. The molecule has 4 nitrogen and oxygen atoms in total. The molecular formula is C13H24N2O2. The molecule has 17 heavy (non-hydrogen) atoms. The molecule has 1 saturated carbocycles. The summed E-state index contributed by atoms with van der Waals surface area (Å²) in [6.45, 7) is 6.68. The van der Waals surface area contributed by atoms with Gasteiger partial charge in [0.15, 0.2) is 0 Å². The van der Waals surface area contributed by atoms with E-state index in [1.807, 2.05) is 0 Å². The number of hydrogen-bond donors (Lipinski definition) is 2. The molecule has 0 aromatic rings. The first-order valence-corrected chi connectivity index (χ1v) is 6.69. The second kappa shape index (κ2) is 5.36. The van der Waals surface area contributed by atoms with E-state index in [4.69, 9.17) is 4.74 Å². The van der Waals surface area contributed by atoms with Gasteiger partial charge in [0, 0.05) is 19.1 Å². The normalized spacial score (nSPS) is 33.1. The Balaban J connectivity index is 1.81. The summed E-state index contributed by atoms with van der Waals surface area (Å²) in [6, 6.07) is 0.330. The van der Waals surface area contributed by atoms with Crippen LogP contribution in [-0.4, -0.2) is 37.7 Å². The first kappa shape index (κ1) is 12.8. The van der Waals surface area contributed by atoms with Crippen molar-refractivity contribution in [3.63, 3.8) is 0 Å². The second-order valence-electron chi connectivity index (χ2n) is 6.03. The molecule has 0 radical (unpaired) electrons. The lowest BCUT2D eigenvalue weighted by Gasteiger charge is -2.36. The van der Waals surface area contributed by atoms with Crippen LogP contribution in [0, 0.1) is 5.41 Å². The van der Waals surface area contributed by atoms with Crippen molar-refractivity contribution in [3.05, 3.63) is 0 Å². The van der Waals surface area contributed by atoms with Crippen LogP contribution in [0.5, 0.6) is 0 Å². The van der Waals surface area contributed by atoms with E-state index in [0.29, 0.717) is 24.6 Å². The van der Waals surface area contributed by atoms with Crippen molar-refractivity contribution in [2.24, 2.45) is 5.41 Å². The fourth-order valence-corrected chi connectivity index (χ4v) is 2.85. The first-order chi connectivity index (χ1) is 8.07. The summed E-state index contributed by atoms with van der Waals surface area (Å²) in [6.07, 6.45) is 4.37. The molecule has 1 saturated heterocycles. The van der Waals surface area contributed by atoms with E-state index in [0.717, 1.165) is 19.4 Å². The summed E-state index contributed by atoms with van der Waals surface area (Å²) in [5, 5.41) is 6.32. The first-order valence-electron chi connectivity index (χ1n) is 6.69. The predicted molar refractivity (Wildman–Crippen MR) is 66.8 cm³/mol. The number of amides is 1. The molecular weight excluding hydrogens is 216 g/mol. The van der Waals surface area contributed by atoms with Gasteiger partial charge in [0.1, 0.15) is 6.10 Å². The summed E-state index contributed by atoms with van der Waals surface area (Å²) >= 11 is 0. The van der Waals surface area contributed by atoms with Gasteiger partial charge in [0.05, 0.1) is 6.61 Å². The van der Waals surface area contributed by atoms with Gasteiger partial charge < -0.3 is 15.4 Å². The molecule has 0 aromatic heterocycles. The minimum atomic E-state index is -0.297. The highest BCUT2D eigenvalue weighted by atomic mass is 16.5. The van der Waals surface area contributed by atoms with E-state index in [2.05, 4.69) is 24.5 Å². The van der Waals surface area contributed by atoms with Crippen LogP contribution in [0.2, 0.25) is 0 Å². The molecule has 98 valence electrons. The zero-order valence-electron chi connectivity index (χ0n) is 10.9. The van der Waals surface area contributed by atoms with Crippen LogP contribution < -0.4 is 10.6 Å². The Labute approximate surface area is 103 Å². The van der Waals surface area contributed by atoms with Crippen LogP contribution in [-0.2, 0) is 9.53 Å². The Morgan fingerprint density at radius 2 is 2.29 bits per heavy atom. The molecule has 2 rings (SSSR count). The molecule has 4 heteroatoms. The molecule has 0 aromatic carbocycles. The van der Waals surface area contributed by atoms with Crippen molar-refractivity contribution >= 4 is 5.91 Å². The van der Waals surface area contributed by atoms with Crippen LogP contribution in [0.3, 0.4) is 0 Å². The fourth-order valence-electron chi connectivity index (χ4n) is 2.85. The molecule has 2 fully saturated rings. The molecule has 1 aliphatic heterocycles. The maximum absolute atomic E-state index is 12.0. The third-order valence-corrected chi connectivity index (χ3v) is 3.77. The largest absolute Gasteiger partial charge is 0.366 e. The third kappa shape index (κ3) is 3.68. The van der Waals surface area contributed by atoms with Gasteiger partial charge >= 0.3 is 0 Å². The average molecular weight is 240 g/mol. The molecule has 1 aliphatic carbocycles. The van der Waals surface area contributed by atoms with Crippen LogP contribution in [0.15, 0.2) is 0 Å². The minimum Gasteiger partial charge on any atom is -0.366 e. The smallest absolute Gasteiger partial charge is 0.250 e. The third-order valence-electron chi connectivity index (χ3n) is 3.77. The average Bonchev–Trinajstić information content (AvgIpc) is 2.29. The zero-order valence-corrected chi connectivity index (χ0v) is 10.9. The number of carbonyl (C=O) groups excluding carboxylic acids is 1. The topological polar surface area (TPSA) is 50.4 Å². The van der Waals surface area contributed by atoms with E-state index in [-0.39, 0.29) is 12.0 Å². The quantitative estimate of drug-likeness (QED) is 0.759. The highest BCUT2D eigenvalue weighted by Gasteiger charge is 2.30. The van der Waals surface area contributed by atoms with Crippen molar-refractivity contribution in [1.82, 2.24) is 10.6 Å². The van der Waals surface area contributed by atoms with E-state index in [1.54, 1.807) is 0 Å². The molecule has 2 atom stereocenters. The van der Waals surface area contributed by atoms with Gasteiger partial charge in [-0.1, -0.05) is 20.3 Å². The summed E-state index contributed by atoms with van der Waals surface area (Å²) in [4.78, 5) is 12.0. The summed E-state index contributed by atoms with van der Waals surface area (Å²) in [5.41, 5.74) is 0.363. The standard InChI is InChI=1S/C13H24N2O2/c1-13(2)5-3-4-10(8-13)15-12(16)11-9-14-6-7-17-11/h10-11,14H,3-9H2,1-2H3,(H,15,16). The fraction of sp³-hybridized carbons (Fsp3) is 0.923. The highest BCUT2D eigenvalue weighted by molar-refractivity contribution is 5.81. The van der Waals surface area contributed by atoms with Crippen LogP contribution in [0.25, 0.3) is 0 Å². The molecule has 2 N–H and O–H groups in total. The number of nitrogens with one attached hydrogen (secondary N) is 2. The highest BCUT2D eigenvalue weighted by Crippen LogP contribution is 2.35. The number of morpholine rings is 1. The van der Waals surface area contributed by atoms with Gasteiger partial charge in [-0.15, -0.1) is 0 Å². The Hall–Kier alpha value is -0.610. The maximum atomic E-state index is 12.0. The summed E-state index contributed by atoms with van der Waals surface area (Å²) in [5.74, 6) is 0.0555. The Bertz CT molecular complexity index is 273. The van der Waals surface area contributed by atoms with Crippen molar-refractivity contribution in [1.29, 1.82) is 0 Å². The number of rotatable bonds is 2. The lowest BCUT2D eigenvalue weighted by molar-refractivity contribution is -0.135. The van der Waals surface area contributed by atoms with Crippen LogP contribution in [0.1, 0.15) is 39.5 Å². The molecule has 2 aliphatic rings. The lowest BCUT2D eigenvalue weighted by atomic mass is 9.75. The van der Waals surface area contributed by atoms with E-state index >= 15 is 0 Å². The minimum absolute atomic E-state index is 0.0555. The monoisotopic (exact) mass is 240 g/mol. The van der Waals surface area contributed by atoms with Crippen molar-refractivity contribution in [2.75, 3.05) is 19.7 Å². The van der Waals surface area contributed by atoms with Crippen LogP contribution in [0.4, 0.5) is 0 Å². The van der Waals surface area contributed by atoms with Crippen molar-refractivity contribution in [2.45, 2.75) is 51.7 Å². The van der Waals surface area contributed by atoms with E-state index in [9.17, 15) is 4.79 Å². The van der Waals surface area contributed by atoms with Gasteiger partial charge in [-0.2, -0.15) is 0 Å². The lowest BCUT2D eigenvalue weighted by Crippen LogP contribution is -2.51. The predicted octanol–water partition coefficient (Wildman–Crippen LogP) is 1.06. The molecule has 0 spiro atoms. The molecule has 1 amide bonds. The van der Waals surface area contributed by atoms with E-state index < -0.39 is 0 Å². The van der Waals surface area contributed by atoms with Gasteiger partial charge in [-0.05, 0) is 24.7 Å². The molecule has 0 bridgehead atoms. The SMILES string of the molecule is CC1(C)CCCC(NC(=O)C2CNCCO2)C1. The van der Waals surface area contributed by atoms with Crippen molar-refractivity contribution in [3.8, 4) is 0 Å². The van der Waals surface area contributed by atoms with E-state index in [1.165, 1.54) is 12.8 Å². The van der Waals surface area contributed by atoms with Crippen molar-refractivity contribution < 1.29 is 9.53 Å². The zero-order chi connectivity index (χ0) is 12.3. The maximum Gasteiger partial charge on any atom is 0.250 e. The van der Waals surface area contributed by atoms with Gasteiger partial charge in [-0.25, -0.2) is 0 Å². The van der Waals surface area contributed by atoms with Gasteiger partial charge in [-0.3, -0.25) is 4.79 Å². The number of carbonyl (C=O) groups is 1. The molecule has 2 unspecified atom stereocenters.